The number of benzene rings is 1. The number of morpholine rings is 1. The summed E-state index contributed by atoms with van der Waals surface area (Å²) in [7, 11) is -4.65. The second kappa shape index (κ2) is 9.11. The number of carbonyl (C=O) groups excluding carboxylic acids is 1. The van der Waals surface area contributed by atoms with Crippen molar-refractivity contribution in [1.82, 2.24) is 10.2 Å². The first-order chi connectivity index (χ1) is 13.4. The lowest BCUT2D eigenvalue weighted by Crippen LogP contribution is -2.36. The van der Waals surface area contributed by atoms with Crippen LogP contribution in [0.3, 0.4) is 0 Å². The van der Waals surface area contributed by atoms with Gasteiger partial charge in [-0.1, -0.05) is 23.1 Å². The molecule has 1 saturated heterocycles. The Balaban J connectivity index is 1.51. The van der Waals surface area contributed by atoms with E-state index in [1.165, 1.54) is 35.2 Å². The van der Waals surface area contributed by atoms with Crippen molar-refractivity contribution in [3.8, 4) is 0 Å². The normalized spacial score (nSPS) is 15.0. The molecule has 1 aromatic heterocycles. The molecule has 2 heterocycles. The fourth-order valence-electron chi connectivity index (χ4n) is 2.30. The maximum atomic E-state index is 12.5. The molecule has 13 heteroatoms. The van der Waals surface area contributed by atoms with E-state index in [2.05, 4.69) is 20.4 Å². The van der Waals surface area contributed by atoms with Gasteiger partial charge in [-0.25, -0.2) is 8.42 Å². The van der Waals surface area contributed by atoms with Gasteiger partial charge in [0, 0.05) is 18.8 Å². The number of hydrogen-bond donors (Lipinski definition) is 1. The topological polar surface area (TPSA) is 101 Å². The maximum Gasteiger partial charge on any atom is 0.341 e. The van der Waals surface area contributed by atoms with Crippen molar-refractivity contribution < 1.29 is 26.7 Å². The van der Waals surface area contributed by atoms with Gasteiger partial charge in [-0.2, -0.15) is 8.78 Å². The Morgan fingerprint density at radius 1 is 1.25 bits per heavy atom. The molecule has 28 heavy (non-hydrogen) atoms. The molecule has 0 aliphatic carbocycles. The summed E-state index contributed by atoms with van der Waals surface area (Å²) in [6.07, 6.45) is 0. The zero-order valence-electron chi connectivity index (χ0n) is 14.4. The molecular formula is C15H16F2N4O4S3. The highest BCUT2D eigenvalue weighted by atomic mass is 32.2. The van der Waals surface area contributed by atoms with E-state index in [9.17, 15) is 22.0 Å². The van der Waals surface area contributed by atoms with Crippen LogP contribution in [-0.4, -0.2) is 62.3 Å². The number of thioether (sulfide) groups is 1. The van der Waals surface area contributed by atoms with Crippen LogP contribution in [0.4, 0.5) is 19.6 Å². The molecule has 0 spiro atoms. The lowest BCUT2D eigenvalue weighted by Gasteiger charge is -2.25. The second-order valence-electron chi connectivity index (χ2n) is 5.62. The first kappa shape index (κ1) is 20.9. The molecule has 2 aromatic rings. The molecule has 0 unspecified atom stereocenters. The zero-order valence-corrected chi connectivity index (χ0v) is 16.8. The van der Waals surface area contributed by atoms with Gasteiger partial charge >= 0.3 is 5.76 Å². The first-order valence-electron chi connectivity index (χ1n) is 8.07. The molecule has 152 valence electrons. The number of alkyl halides is 2. The largest absolute Gasteiger partial charge is 0.378 e. The minimum atomic E-state index is -4.65. The van der Waals surface area contributed by atoms with Gasteiger partial charge in [0.1, 0.15) is 0 Å². The number of sulfone groups is 1. The van der Waals surface area contributed by atoms with Gasteiger partial charge in [0.25, 0.3) is 0 Å². The summed E-state index contributed by atoms with van der Waals surface area (Å²) >= 11 is 2.61. The quantitative estimate of drug-likeness (QED) is 0.640. The highest BCUT2D eigenvalue weighted by Gasteiger charge is 2.26. The summed E-state index contributed by atoms with van der Waals surface area (Å²) in [6, 6.07) is 4.59. The van der Waals surface area contributed by atoms with Crippen molar-refractivity contribution in [3.63, 3.8) is 0 Å². The molecule has 1 aliphatic rings. The Hall–Kier alpha value is -1.83. The summed E-state index contributed by atoms with van der Waals surface area (Å²) in [4.78, 5) is 13.6. The van der Waals surface area contributed by atoms with E-state index < -0.39 is 20.5 Å². The highest BCUT2D eigenvalue weighted by molar-refractivity contribution is 8.01. The van der Waals surface area contributed by atoms with Gasteiger partial charge in [-0.15, -0.1) is 10.2 Å². The standard InChI is InChI=1S/C15H16F2N4O4S3/c16-13(17)28(23,24)11-3-1-10(2-4-11)18-12(22)9-26-15-20-19-14(27-15)21-5-7-25-8-6-21/h1-4,13H,5-9H2,(H,18,22). The smallest absolute Gasteiger partial charge is 0.341 e. The summed E-state index contributed by atoms with van der Waals surface area (Å²) < 4.78 is 53.7. The number of nitrogens with one attached hydrogen (secondary N) is 1. The van der Waals surface area contributed by atoms with Gasteiger partial charge in [-0.3, -0.25) is 4.79 Å². The fraction of sp³-hybridized carbons (Fsp3) is 0.400. The Morgan fingerprint density at radius 3 is 2.57 bits per heavy atom. The van der Waals surface area contributed by atoms with E-state index >= 15 is 0 Å². The molecule has 0 saturated carbocycles. The number of halogens is 2. The third-order valence-corrected chi connectivity index (χ3v) is 7.22. The molecule has 0 atom stereocenters. The fourth-order valence-corrected chi connectivity index (χ4v) is 4.71. The lowest BCUT2D eigenvalue weighted by molar-refractivity contribution is -0.113. The van der Waals surface area contributed by atoms with Crippen molar-refractivity contribution in [2.75, 3.05) is 42.3 Å². The van der Waals surface area contributed by atoms with Gasteiger partial charge in [-0.05, 0) is 24.3 Å². The number of ether oxygens (including phenoxy) is 1. The van der Waals surface area contributed by atoms with Crippen LogP contribution in [0.25, 0.3) is 0 Å². The molecule has 1 amide bonds. The summed E-state index contributed by atoms with van der Waals surface area (Å²) in [5.74, 6) is -3.74. The van der Waals surface area contributed by atoms with Crippen LogP contribution in [0.1, 0.15) is 0 Å². The summed E-state index contributed by atoms with van der Waals surface area (Å²) in [5, 5.41) is 11.5. The SMILES string of the molecule is O=C(CSc1nnc(N2CCOCC2)s1)Nc1ccc(S(=O)(=O)C(F)F)cc1. The number of rotatable bonds is 7. The summed E-state index contributed by atoms with van der Waals surface area (Å²) in [5.41, 5.74) is 0.310. The van der Waals surface area contributed by atoms with Crippen LogP contribution in [0.15, 0.2) is 33.5 Å². The van der Waals surface area contributed by atoms with E-state index in [1.807, 2.05) is 0 Å². The minimum absolute atomic E-state index is 0.0782. The predicted octanol–water partition coefficient (Wildman–Crippen LogP) is 2.10. The number of anilines is 2. The number of amides is 1. The van der Waals surface area contributed by atoms with Crippen LogP contribution < -0.4 is 10.2 Å². The van der Waals surface area contributed by atoms with Crippen LogP contribution in [0.5, 0.6) is 0 Å². The lowest BCUT2D eigenvalue weighted by atomic mass is 10.3. The highest BCUT2D eigenvalue weighted by Crippen LogP contribution is 2.28. The molecular weight excluding hydrogens is 434 g/mol. The second-order valence-corrected chi connectivity index (χ2v) is 9.71. The Kier molecular flexibility index (Phi) is 6.80. The van der Waals surface area contributed by atoms with Crippen molar-refractivity contribution in [3.05, 3.63) is 24.3 Å². The van der Waals surface area contributed by atoms with Gasteiger partial charge in [0.2, 0.25) is 20.9 Å². The molecule has 1 fully saturated rings. The number of nitrogens with zero attached hydrogens (tertiary/aromatic N) is 3. The third kappa shape index (κ3) is 5.16. The van der Waals surface area contributed by atoms with E-state index in [0.29, 0.717) is 23.2 Å². The zero-order chi connectivity index (χ0) is 20.1. The van der Waals surface area contributed by atoms with Gasteiger partial charge in [0.15, 0.2) is 4.34 Å². The Bertz CT molecular complexity index is 916. The van der Waals surface area contributed by atoms with Crippen molar-refractivity contribution in [1.29, 1.82) is 0 Å². The van der Waals surface area contributed by atoms with E-state index in [-0.39, 0.29) is 11.7 Å². The van der Waals surface area contributed by atoms with Crippen LogP contribution in [0.2, 0.25) is 0 Å². The van der Waals surface area contributed by atoms with Crippen molar-refractivity contribution in [2.45, 2.75) is 15.0 Å². The van der Waals surface area contributed by atoms with Crippen LogP contribution in [-0.2, 0) is 19.4 Å². The average molecular weight is 451 g/mol. The maximum absolute atomic E-state index is 12.5. The molecule has 1 aliphatic heterocycles. The number of hydrogen-bond acceptors (Lipinski definition) is 9. The van der Waals surface area contributed by atoms with Crippen LogP contribution in [0, 0.1) is 0 Å². The number of aromatic nitrogens is 2. The number of carbonyl (C=O) groups is 1. The Morgan fingerprint density at radius 2 is 1.93 bits per heavy atom. The molecule has 3 rings (SSSR count). The molecule has 1 N–H and O–H groups in total. The van der Waals surface area contributed by atoms with E-state index in [4.69, 9.17) is 4.74 Å². The van der Waals surface area contributed by atoms with E-state index in [0.717, 1.165) is 30.4 Å². The third-order valence-electron chi connectivity index (χ3n) is 3.71. The van der Waals surface area contributed by atoms with Crippen LogP contribution >= 0.6 is 23.1 Å². The molecule has 0 bridgehead atoms. The van der Waals surface area contributed by atoms with E-state index in [1.54, 1.807) is 0 Å². The summed E-state index contributed by atoms with van der Waals surface area (Å²) in [6.45, 7) is 2.78. The Labute approximate surface area is 168 Å². The predicted molar refractivity (Wildman–Crippen MR) is 102 cm³/mol. The van der Waals surface area contributed by atoms with Gasteiger partial charge < -0.3 is 15.0 Å². The first-order valence-corrected chi connectivity index (χ1v) is 11.4. The minimum Gasteiger partial charge on any atom is -0.378 e. The van der Waals surface area contributed by atoms with Crippen molar-refractivity contribution >= 4 is 49.7 Å². The van der Waals surface area contributed by atoms with Crippen molar-refractivity contribution in [2.24, 2.45) is 0 Å². The molecule has 0 radical (unpaired) electrons. The molecule has 8 nitrogen and oxygen atoms in total. The van der Waals surface area contributed by atoms with Gasteiger partial charge in [0.05, 0.1) is 23.9 Å². The monoisotopic (exact) mass is 450 g/mol. The molecule has 1 aromatic carbocycles. The average Bonchev–Trinajstić information content (AvgIpc) is 3.16.